The number of furan rings is 1. The summed E-state index contributed by atoms with van der Waals surface area (Å²) in [7, 11) is -2.16. The fourth-order valence-electron chi connectivity index (χ4n) is 4.55. The molecule has 0 aliphatic carbocycles. The van der Waals surface area contributed by atoms with E-state index in [0.29, 0.717) is 44.3 Å². The first-order valence-electron chi connectivity index (χ1n) is 11.8. The standard InChI is InChI=1S/C27H23ClN4O6S2/c1-37-22-9-7-16(14-20(22)31-40(2,35)36)32-25(24(30-27(32)39)19-5-3-4-12-29-19)23-11-10-21(38-23)17-13-15(26(33)34)6-8-18(17)28/h3-14,24-25,31H,1-2H3,(H,30,39)(H,33,34)/t24-,25-/m0/s1. The van der Waals surface area contributed by atoms with Crippen molar-refractivity contribution in [2.75, 3.05) is 23.0 Å². The highest BCUT2D eigenvalue weighted by atomic mass is 35.5. The molecule has 0 amide bonds. The number of carboxylic acid groups (broad SMARTS) is 1. The number of benzene rings is 2. The monoisotopic (exact) mass is 598 g/mol. The maximum absolute atomic E-state index is 12.0. The molecule has 1 saturated heterocycles. The average Bonchev–Trinajstić information content (AvgIpc) is 3.53. The predicted molar refractivity (Wildman–Crippen MR) is 156 cm³/mol. The number of rotatable bonds is 8. The second kappa shape index (κ2) is 10.8. The summed E-state index contributed by atoms with van der Waals surface area (Å²) in [5, 5.41) is 13.4. The highest BCUT2D eigenvalue weighted by Crippen LogP contribution is 2.45. The maximum atomic E-state index is 12.0. The van der Waals surface area contributed by atoms with Crippen molar-refractivity contribution in [3.63, 3.8) is 0 Å². The first kappa shape index (κ1) is 27.4. The second-order valence-corrected chi connectivity index (χ2v) is 11.5. The van der Waals surface area contributed by atoms with Crippen molar-refractivity contribution >= 4 is 56.3 Å². The Morgan fingerprint density at radius 2 is 1.98 bits per heavy atom. The van der Waals surface area contributed by atoms with Crippen LogP contribution >= 0.6 is 23.8 Å². The first-order valence-corrected chi connectivity index (χ1v) is 14.5. The number of anilines is 2. The van der Waals surface area contributed by atoms with Gasteiger partial charge in [0, 0.05) is 17.4 Å². The van der Waals surface area contributed by atoms with Crippen molar-refractivity contribution in [3.05, 3.63) is 95.0 Å². The molecule has 1 aliphatic heterocycles. The number of nitrogens with zero attached hydrogens (tertiary/aromatic N) is 2. The molecule has 0 unspecified atom stereocenters. The number of pyridine rings is 1. The molecule has 0 saturated carbocycles. The number of hydrogen-bond acceptors (Lipinski definition) is 7. The molecule has 3 N–H and O–H groups in total. The Balaban J connectivity index is 1.63. The molecule has 40 heavy (non-hydrogen) atoms. The molecule has 0 bridgehead atoms. The number of halogens is 1. The van der Waals surface area contributed by atoms with Gasteiger partial charge in [0.05, 0.1) is 41.4 Å². The lowest BCUT2D eigenvalue weighted by molar-refractivity contribution is 0.0697. The Labute approximate surface area is 240 Å². The van der Waals surface area contributed by atoms with Crippen LogP contribution in [0, 0.1) is 0 Å². The molecular weight excluding hydrogens is 576 g/mol. The fraction of sp³-hybridized carbons (Fsp3) is 0.148. The van der Waals surface area contributed by atoms with Crippen molar-refractivity contribution in [2.45, 2.75) is 12.1 Å². The molecule has 1 fully saturated rings. The van der Waals surface area contributed by atoms with E-state index in [1.54, 1.807) is 47.5 Å². The topological polar surface area (TPSA) is 134 Å². The fourth-order valence-corrected chi connectivity index (χ4v) is 5.67. The molecule has 2 aromatic heterocycles. The minimum absolute atomic E-state index is 0.0678. The summed E-state index contributed by atoms with van der Waals surface area (Å²) in [5.41, 5.74) is 1.99. The van der Waals surface area contributed by atoms with E-state index in [-0.39, 0.29) is 11.3 Å². The van der Waals surface area contributed by atoms with Crippen LogP contribution in [0.15, 0.2) is 77.3 Å². The zero-order chi connectivity index (χ0) is 28.6. The maximum Gasteiger partial charge on any atom is 0.335 e. The number of ether oxygens (including phenoxy) is 1. The minimum atomic E-state index is -3.60. The van der Waals surface area contributed by atoms with Crippen LogP contribution in [0.4, 0.5) is 11.4 Å². The van der Waals surface area contributed by atoms with Crippen LogP contribution in [-0.2, 0) is 10.0 Å². The summed E-state index contributed by atoms with van der Waals surface area (Å²) in [6.07, 6.45) is 2.72. The predicted octanol–water partition coefficient (Wildman–Crippen LogP) is 5.25. The van der Waals surface area contributed by atoms with E-state index in [1.165, 1.54) is 25.3 Å². The van der Waals surface area contributed by atoms with Crippen LogP contribution in [0.3, 0.4) is 0 Å². The Morgan fingerprint density at radius 1 is 1.18 bits per heavy atom. The lowest BCUT2D eigenvalue weighted by Crippen LogP contribution is -2.29. The van der Waals surface area contributed by atoms with Gasteiger partial charge in [0.2, 0.25) is 10.0 Å². The van der Waals surface area contributed by atoms with Crippen molar-refractivity contribution in [2.24, 2.45) is 0 Å². The van der Waals surface area contributed by atoms with E-state index in [4.69, 9.17) is 33.0 Å². The van der Waals surface area contributed by atoms with E-state index in [0.717, 1.165) is 6.26 Å². The Morgan fingerprint density at radius 3 is 2.65 bits per heavy atom. The van der Waals surface area contributed by atoms with Crippen LogP contribution in [0.1, 0.15) is 33.9 Å². The zero-order valence-electron chi connectivity index (χ0n) is 21.2. The van der Waals surface area contributed by atoms with Crippen molar-refractivity contribution in [1.29, 1.82) is 0 Å². The number of carbonyl (C=O) groups is 1. The number of methoxy groups -OCH3 is 1. The van der Waals surface area contributed by atoms with Gasteiger partial charge in [0.15, 0.2) is 5.11 Å². The van der Waals surface area contributed by atoms with Crippen LogP contribution in [-0.4, -0.2) is 43.0 Å². The second-order valence-electron chi connectivity index (χ2n) is 8.96. The van der Waals surface area contributed by atoms with Crippen molar-refractivity contribution < 1.29 is 27.5 Å². The van der Waals surface area contributed by atoms with Crippen LogP contribution in [0.5, 0.6) is 5.75 Å². The van der Waals surface area contributed by atoms with Gasteiger partial charge in [-0.25, -0.2) is 13.2 Å². The molecule has 1 aliphatic rings. The van der Waals surface area contributed by atoms with E-state index < -0.39 is 28.1 Å². The summed E-state index contributed by atoms with van der Waals surface area (Å²) < 4.78 is 38.2. The molecule has 3 heterocycles. The number of aromatic nitrogens is 1. The Hall–Kier alpha value is -4.13. The van der Waals surface area contributed by atoms with Gasteiger partial charge in [-0.2, -0.15) is 0 Å². The van der Waals surface area contributed by atoms with Crippen LogP contribution < -0.4 is 19.7 Å². The van der Waals surface area contributed by atoms with E-state index in [9.17, 15) is 18.3 Å². The smallest absolute Gasteiger partial charge is 0.335 e. The molecule has 2 aromatic carbocycles. The lowest BCUT2D eigenvalue weighted by atomic mass is 10.0. The third kappa shape index (κ3) is 5.46. The Kier molecular flexibility index (Phi) is 7.41. The zero-order valence-corrected chi connectivity index (χ0v) is 23.5. The van der Waals surface area contributed by atoms with Gasteiger partial charge in [-0.1, -0.05) is 17.7 Å². The number of nitrogens with one attached hydrogen (secondary N) is 2. The van der Waals surface area contributed by atoms with Crippen molar-refractivity contribution in [1.82, 2.24) is 10.3 Å². The van der Waals surface area contributed by atoms with Crippen molar-refractivity contribution in [3.8, 4) is 17.1 Å². The van der Waals surface area contributed by atoms with Crippen LogP contribution in [0.2, 0.25) is 5.02 Å². The van der Waals surface area contributed by atoms with Crippen LogP contribution in [0.25, 0.3) is 11.3 Å². The number of carboxylic acids is 1. The molecule has 13 heteroatoms. The van der Waals surface area contributed by atoms with E-state index in [2.05, 4.69) is 15.0 Å². The number of aromatic carboxylic acids is 1. The third-order valence-electron chi connectivity index (χ3n) is 6.25. The SMILES string of the molecule is COc1ccc(N2C(=S)N[C@@H](c3ccccn3)[C@@H]2c2ccc(-c3cc(C(=O)O)ccc3Cl)o2)cc1NS(C)(=O)=O. The molecule has 2 atom stereocenters. The number of thiocarbonyl (C=S) groups is 1. The molecule has 5 rings (SSSR count). The third-order valence-corrected chi connectivity index (χ3v) is 7.49. The number of hydrogen-bond donors (Lipinski definition) is 3. The van der Waals surface area contributed by atoms with Gasteiger partial charge < -0.3 is 24.5 Å². The minimum Gasteiger partial charge on any atom is -0.495 e. The summed E-state index contributed by atoms with van der Waals surface area (Å²) in [6, 6.07) is 17.4. The highest BCUT2D eigenvalue weighted by Gasteiger charge is 2.43. The molecule has 4 aromatic rings. The van der Waals surface area contributed by atoms with E-state index in [1.807, 2.05) is 12.1 Å². The van der Waals surface area contributed by atoms with Gasteiger partial charge >= 0.3 is 5.97 Å². The molecule has 206 valence electrons. The van der Waals surface area contributed by atoms with Gasteiger partial charge in [0.25, 0.3) is 0 Å². The Bertz CT molecular complexity index is 1710. The molecule has 0 spiro atoms. The summed E-state index contributed by atoms with van der Waals surface area (Å²) >= 11 is 12.1. The lowest BCUT2D eigenvalue weighted by Gasteiger charge is -2.27. The molecule has 10 nitrogen and oxygen atoms in total. The molecular formula is C27H23ClN4O6S2. The quantitative estimate of drug-likeness (QED) is 0.231. The van der Waals surface area contributed by atoms with Gasteiger partial charge in [-0.3, -0.25) is 9.71 Å². The van der Waals surface area contributed by atoms with Gasteiger partial charge in [-0.05, 0) is 72.9 Å². The highest BCUT2D eigenvalue weighted by molar-refractivity contribution is 7.92. The normalized spacial score (nSPS) is 17.0. The average molecular weight is 599 g/mol. The van der Waals surface area contributed by atoms with Gasteiger partial charge in [0.1, 0.15) is 23.3 Å². The summed E-state index contributed by atoms with van der Waals surface area (Å²) in [5.74, 6) is 0.103. The number of sulfonamides is 1. The molecule has 0 radical (unpaired) electrons. The summed E-state index contributed by atoms with van der Waals surface area (Å²) in [4.78, 5) is 17.9. The van der Waals surface area contributed by atoms with Gasteiger partial charge in [-0.15, -0.1) is 0 Å². The largest absolute Gasteiger partial charge is 0.495 e. The first-order chi connectivity index (χ1) is 19.1. The van der Waals surface area contributed by atoms with E-state index >= 15 is 0 Å². The summed E-state index contributed by atoms with van der Waals surface area (Å²) in [6.45, 7) is 0.